The number of aliphatic hydroxyl groups is 1. The molecule has 0 saturated heterocycles. The molecule has 0 fully saturated rings. The van der Waals surface area contributed by atoms with Gasteiger partial charge in [0.25, 0.3) is 0 Å². The minimum Gasteiger partial charge on any atom is -0.475 e. The van der Waals surface area contributed by atoms with Crippen LogP contribution in [-0.2, 0) is 0 Å². The van der Waals surface area contributed by atoms with E-state index in [1.54, 1.807) is 13.0 Å². The van der Waals surface area contributed by atoms with Crippen LogP contribution in [0.2, 0.25) is 0 Å². The fourth-order valence-electron chi connectivity index (χ4n) is 1.16. The van der Waals surface area contributed by atoms with E-state index in [-0.39, 0.29) is 11.9 Å². The Labute approximate surface area is 87.7 Å². The standard InChI is InChI=1S/C10H15NO4/c1-7(12)3-2-6-11-9-5-4-8(15-9)10(13)14/h4-5,7,11-12H,2-3,6H2,1H3,(H,13,14). The normalized spacial score (nSPS) is 12.4. The molecule has 0 aliphatic carbocycles. The van der Waals surface area contributed by atoms with E-state index in [1.807, 2.05) is 0 Å². The Bertz CT molecular complexity index is 319. The van der Waals surface area contributed by atoms with E-state index in [0.717, 1.165) is 6.42 Å². The maximum atomic E-state index is 10.5. The number of aliphatic hydroxyl groups excluding tert-OH is 1. The minimum atomic E-state index is -1.08. The van der Waals surface area contributed by atoms with Gasteiger partial charge < -0.3 is 19.9 Å². The Morgan fingerprint density at radius 2 is 2.33 bits per heavy atom. The van der Waals surface area contributed by atoms with Gasteiger partial charge in [0.05, 0.1) is 6.10 Å². The third-order valence-corrected chi connectivity index (χ3v) is 1.91. The Kier molecular flexibility index (Phi) is 4.17. The molecule has 0 spiro atoms. The second-order valence-electron chi connectivity index (χ2n) is 3.39. The monoisotopic (exact) mass is 213 g/mol. The highest BCUT2D eigenvalue weighted by Crippen LogP contribution is 2.13. The number of nitrogens with one attached hydrogen (secondary N) is 1. The van der Waals surface area contributed by atoms with Crippen molar-refractivity contribution < 1.29 is 19.4 Å². The lowest BCUT2D eigenvalue weighted by molar-refractivity contribution is 0.0663. The molecule has 84 valence electrons. The molecule has 0 bridgehead atoms. The van der Waals surface area contributed by atoms with Crippen LogP contribution in [0.4, 0.5) is 5.88 Å². The van der Waals surface area contributed by atoms with Crippen LogP contribution >= 0.6 is 0 Å². The summed E-state index contributed by atoms with van der Waals surface area (Å²) in [5.74, 6) is -0.710. The van der Waals surface area contributed by atoms with Crippen molar-refractivity contribution >= 4 is 11.9 Å². The molecule has 3 N–H and O–H groups in total. The third-order valence-electron chi connectivity index (χ3n) is 1.91. The van der Waals surface area contributed by atoms with Crippen LogP contribution in [0.3, 0.4) is 0 Å². The molecule has 0 aliphatic rings. The zero-order chi connectivity index (χ0) is 11.3. The van der Waals surface area contributed by atoms with E-state index in [0.29, 0.717) is 18.8 Å². The van der Waals surface area contributed by atoms with Crippen LogP contribution < -0.4 is 5.32 Å². The Morgan fingerprint density at radius 3 is 2.87 bits per heavy atom. The van der Waals surface area contributed by atoms with Crippen molar-refractivity contribution in [1.82, 2.24) is 0 Å². The molecular weight excluding hydrogens is 198 g/mol. The largest absolute Gasteiger partial charge is 0.475 e. The van der Waals surface area contributed by atoms with Crippen molar-refractivity contribution in [3.05, 3.63) is 17.9 Å². The van der Waals surface area contributed by atoms with Gasteiger partial charge in [-0.1, -0.05) is 0 Å². The van der Waals surface area contributed by atoms with Crippen LogP contribution in [0.5, 0.6) is 0 Å². The minimum absolute atomic E-state index is 0.0759. The molecular formula is C10H15NO4. The number of carboxylic acids is 1. The fraction of sp³-hybridized carbons (Fsp3) is 0.500. The first-order valence-corrected chi connectivity index (χ1v) is 4.84. The number of carboxylic acid groups (broad SMARTS) is 1. The lowest BCUT2D eigenvalue weighted by Crippen LogP contribution is -2.05. The van der Waals surface area contributed by atoms with Crippen molar-refractivity contribution in [1.29, 1.82) is 0 Å². The summed E-state index contributed by atoms with van der Waals surface area (Å²) in [4.78, 5) is 10.5. The molecule has 1 aromatic rings. The first kappa shape index (κ1) is 11.6. The second kappa shape index (κ2) is 5.41. The quantitative estimate of drug-likeness (QED) is 0.624. The summed E-state index contributed by atoms with van der Waals surface area (Å²) in [6.45, 7) is 2.38. The van der Waals surface area contributed by atoms with Crippen molar-refractivity contribution in [2.75, 3.05) is 11.9 Å². The number of hydrogen-bond acceptors (Lipinski definition) is 4. The van der Waals surface area contributed by atoms with Crippen molar-refractivity contribution in [2.24, 2.45) is 0 Å². The van der Waals surface area contributed by atoms with E-state index in [1.165, 1.54) is 6.07 Å². The van der Waals surface area contributed by atoms with Crippen LogP contribution in [0.15, 0.2) is 16.5 Å². The van der Waals surface area contributed by atoms with Gasteiger partial charge in [0.2, 0.25) is 5.76 Å². The predicted octanol–water partition coefficient (Wildman–Crippen LogP) is 1.55. The average Bonchev–Trinajstić information content (AvgIpc) is 2.60. The van der Waals surface area contributed by atoms with Gasteiger partial charge in [-0.05, 0) is 25.8 Å². The Balaban J connectivity index is 2.29. The molecule has 1 unspecified atom stereocenters. The van der Waals surface area contributed by atoms with Crippen LogP contribution in [0.1, 0.15) is 30.3 Å². The summed E-state index contributed by atoms with van der Waals surface area (Å²) in [5.41, 5.74) is 0. The van der Waals surface area contributed by atoms with Gasteiger partial charge in [-0.25, -0.2) is 4.79 Å². The summed E-state index contributed by atoms with van der Waals surface area (Å²) in [7, 11) is 0. The van der Waals surface area contributed by atoms with Crippen LogP contribution in [-0.4, -0.2) is 28.8 Å². The summed E-state index contributed by atoms with van der Waals surface area (Å²) in [6, 6.07) is 2.98. The number of furan rings is 1. The first-order chi connectivity index (χ1) is 7.09. The molecule has 15 heavy (non-hydrogen) atoms. The van der Waals surface area contributed by atoms with Crippen molar-refractivity contribution in [3.8, 4) is 0 Å². The van der Waals surface area contributed by atoms with Gasteiger partial charge in [0.1, 0.15) is 0 Å². The molecule has 5 heteroatoms. The van der Waals surface area contributed by atoms with Crippen molar-refractivity contribution in [2.45, 2.75) is 25.9 Å². The smallest absolute Gasteiger partial charge is 0.371 e. The lowest BCUT2D eigenvalue weighted by atomic mass is 10.2. The van der Waals surface area contributed by atoms with E-state index in [4.69, 9.17) is 14.6 Å². The predicted molar refractivity (Wildman–Crippen MR) is 55.1 cm³/mol. The number of aromatic carboxylic acids is 1. The van der Waals surface area contributed by atoms with Gasteiger partial charge in [-0.3, -0.25) is 0 Å². The number of hydrogen-bond donors (Lipinski definition) is 3. The van der Waals surface area contributed by atoms with Crippen molar-refractivity contribution in [3.63, 3.8) is 0 Å². The number of anilines is 1. The first-order valence-electron chi connectivity index (χ1n) is 4.84. The molecule has 0 amide bonds. The molecule has 0 aliphatic heterocycles. The molecule has 0 saturated carbocycles. The van der Waals surface area contributed by atoms with Gasteiger partial charge >= 0.3 is 5.97 Å². The molecule has 0 aromatic carbocycles. The van der Waals surface area contributed by atoms with Gasteiger partial charge in [-0.15, -0.1) is 0 Å². The number of carbonyl (C=O) groups is 1. The topological polar surface area (TPSA) is 82.7 Å². The zero-order valence-corrected chi connectivity index (χ0v) is 8.56. The second-order valence-corrected chi connectivity index (χ2v) is 3.39. The molecule has 1 atom stereocenters. The highest BCUT2D eigenvalue weighted by molar-refractivity contribution is 5.84. The van der Waals surface area contributed by atoms with E-state index >= 15 is 0 Å². The number of rotatable bonds is 6. The van der Waals surface area contributed by atoms with E-state index in [9.17, 15) is 4.79 Å². The highest BCUT2D eigenvalue weighted by Gasteiger charge is 2.07. The zero-order valence-electron chi connectivity index (χ0n) is 8.56. The molecule has 1 heterocycles. The van der Waals surface area contributed by atoms with Gasteiger partial charge in [0.15, 0.2) is 5.88 Å². The van der Waals surface area contributed by atoms with E-state index < -0.39 is 5.97 Å². The summed E-state index contributed by atoms with van der Waals surface area (Å²) in [6.07, 6.45) is 1.21. The van der Waals surface area contributed by atoms with Gasteiger partial charge in [0, 0.05) is 12.6 Å². The SMILES string of the molecule is CC(O)CCCNc1ccc(C(=O)O)o1. The third kappa shape index (κ3) is 4.03. The Morgan fingerprint density at radius 1 is 1.60 bits per heavy atom. The molecule has 1 rings (SSSR count). The average molecular weight is 213 g/mol. The van der Waals surface area contributed by atoms with E-state index in [2.05, 4.69) is 5.32 Å². The maximum Gasteiger partial charge on any atom is 0.371 e. The summed E-state index contributed by atoms with van der Waals surface area (Å²) >= 11 is 0. The lowest BCUT2D eigenvalue weighted by Gasteiger charge is -2.04. The van der Waals surface area contributed by atoms with Crippen LogP contribution in [0, 0.1) is 0 Å². The molecule has 0 radical (unpaired) electrons. The Hall–Kier alpha value is -1.49. The fourth-order valence-corrected chi connectivity index (χ4v) is 1.16. The summed E-state index contributed by atoms with van der Waals surface area (Å²) in [5, 5.41) is 20.5. The van der Waals surface area contributed by atoms with Gasteiger partial charge in [-0.2, -0.15) is 0 Å². The molecule has 5 nitrogen and oxygen atoms in total. The maximum absolute atomic E-state index is 10.5. The van der Waals surface area contributed by atoms with Crippen LogP contribution in [0.25, 0.3) is 0 Å². The highest BCUT2D eigenvalue weighted by atomic mass is 16.4. The molecule has 1 aromatic heterocycles. The summed E-state index contributed by atoms with van der Waals surface area (Å²) < 4.78 is 4.98.